The molecule has 4 rings (SSSR count). The zero-order valence-corrected chi connectivity index (χ0v) is 14.7. The summed E-state index contributed by atoms with van der Waals surface area (Å²) in [5.74, 6) is -0.560. The van der Waals surface area contributed by atoms with Crippen LogP contribution in [0.2, 0.25) is 0 Å². The SMILES string of the molecule is O=C(NC[C@H](c1ccccc1)c1c[nH]c2ccccc12)c1ccc(F)cc1. The smallest absolute Gasteiger partial charge is 0.251 e. The van der Waals surface area contributed by atoms with Crippen molar-refractivity contribution in [3.63, 3.8) is 0 Å². The van der Waals surface area contributed by atoms with Crippen molar-refractivity contribution >= 4 is 16.8 Å². The second kappa shape index (κ2) is 7.46. The molecule has 134 valence electrons. The van der Waals surface area contributed by atoms with Crippen LogP contribution in [0.25, 0.3) is 10.9 Å². The maximum atomic E-state index is 13.1. The van der Waals surface area contributed by atoms with E-state index >= 15 is 0 Å². The highest BCUT2D eigenvalue weighted by atomic mass is 19.1. The topological polar surface area (TPSA) is 44.9 Å². The second-order valence-corrected chi connectivity index (χ2v) is 6.47. The first kappa shape index (κ1) is 17.0. The van der Waals surface area contributed by atoms with Gasteiger partial charge >= 0.3 is 0 Å². The average Bonchev–Trinajstić information content (AvgIpc) is 3.13. The molecule has 0 spiro atoms. The summed E-state index contributed by atoms with van der Waals surface area (Å²) >= 11 is 0. The molecule has 1 aromatic heterocycles. The summed E-state index contributed by atoms with van der Waals surface area (Å²) < 4.78 is 13.1. The molecule has 0 aliphatic carbocycles. The van der Waals surface area contributed by atoms with Gasteiger partial charge in [-0.2, -0.15) is 0 Å². The molecule has 1 heterocycles. The predicted octanol–water partition coefficient (Wildman–Crippen LogP) is 4.87. The molecule has 4 aromatic rings. The zero-order valence-electron chi connectivity index (χ0n) is 14.7. The van der Waals surface area contributed by atoms with Crippen molar-refractivity contribution in [1.82, 2.24) is 10.3 Å². The molecule has 1 atom stereocenters. The lowest BCUT2D eigenvalue weighted by Gasteiger charge is -2.18. The molecule has 0 saturated carbocycles. The molecule has 3 aromatic carbocycles. The van der Waals surface area contributed by atoms with E-state index in [0.29, 0.717) is 12.1 Å². The zero-order chi connectivity index (χ0) is 18.6. The number of carbonyl (C=O) groups excluding carboxylic acids is 1. The number of nitrogens with one attached hydrogen (secondary N) is 2. The van der Waals surface area contributed by atoms with Crippen molar-refractivity contribution in [3.8, 4) is 0 Å². The van der Waals surface area contributed by atoms with Gasteiger partial charge in [-0.05, 0) is 41.5 Å². The number of hydrogen-bond donors (Lipinski definition) is 2. The lowest BCUT2D eigenvalue weighted by atomic mass is 9.91. The third-order valence-electron chi connectivity index (χ3n) is 4.77. The summed E-state index contributed by atoms with van der Waals surface area (Å²) in [7, 11) is 0. The van der Waals surface area contributed by atoms with Crippen molar-refractivity contribution in [3.05, 3.63) is 108 Å². The van der Waals surface area contributed by atoms with Gasteiger partial charge in [0.05, 0.1) is 0 Å². The van der Waals surface area contributed by atoms with E-state index in [1.165, 1.54) is 24.3 Å². The largest absolute Gasteiger partial charge is 0.361 e. The van der Waals surface area contributed by atoms with E-state index in [0.717, 1.165) is 22.0 Å². The number of hydrogen-bond acceptors (Lipinski definition) is 1. The van der Waals surface area contributed by atoms with Gasteiger partial charge in [-0.1, -0.05) is 48.5 Å². The van der Waals surface area contributed by atoms with E-state index in [1.807, 2.05) is 42.6 Å². The van der Waals surface area contributed by atoms with E-state index in [4.69, 9.17) is 0 Å². The minimum Gasteiger partial charge on any atom is -0.361 e. The molecule has 0 saturated heterocycles. The van der Waals surface area contributed by atoms with Crippen molar-refractivity contribution in [2.24, 2.45) is 0 Å². The Balaban J connectivity index is 1.63. The van der Waals surface area contributed by atoms with Gasteiger partial charge < -0.3 is 10.3 Å². The molecule has 0 aliphatic heterocycles. The second-order valence-electron chi connectivity index (χ2n) is 6.47. The number of aromatic nitrogens is 1. The monoisotopic (exact) mass is 358 g/mol. The van der Waals surface area contributed by atoms with Crippen LogP contribution in [0.5, 0.6) is 0 Å². The van der Waals surface area contributed by atoms with Gasteiger partial charge in [-0.3, -0.25) is 4.79 Å². The number of aromatic amines is 1. The van der Waals surface area contributed by atoms with E-state index in [9.17, 15) is 9.18 Å². The van der Waals surface area contributed by atoms with Gasteiger partial charge in [-0.25, -0.2) is 4.39 Å². The van der Waals surface area contributed by atoms with Crippen LogP contribution >= 0.6 is 0 Å². The van der Waals surface area contributed by atoms with E-state index in [2.05, 4.69) is 28.5 Å². The molecule has 0 unspecified atom stereocenters. The van der Waals surface area contributed by atoms with Crippen LogP contribution in [0.4, 0.5) is 4.39 Å². The quantitative estimate of drug-likeness (QED) is 0.525. The highest BCUT2D eigenvalue weighted by molar-refractivity contribution is 5.94. The summed E-state index contributed by atoms with van der Waals surface area (Å²) in [5.41, 5.74) is 3.78. The predicted molar refractivity (Wildman–Crippen MR) is 105 cm³/mol. The Morgan fingerprint density at radius 1 is 0.926 bits per heavy atom. The minimum absolute atomic E-state index is 0.00625. The molecule has 0 bridgehead atoms. The average molecular weight is 358 g/mol. The first-order valence-corrected chi connectivity index (χ1v) is 8.87. The summed E-state index contributed by atoms with van der Waals surface area (Å²) in [5, 5.41) is 4.14. The molecular weight excluding hydrogens is 339 g/mol. The Morgan fingerprint density at radius 2 is 1.63 bits per heavy atom. The minimum atomic E-state index is -0.354. The fourth-order valence-electron chi connectivity index (χ4n) is 3.37. The molecule has 0 radical (unpaired) electrons. The molecule has 2 N–H and O–H groups in total. The first-order valence-electron chi connectivity index (χ1n) is 8.87. The van der Waals surface area contributed by atoms with Crippen molar-refractivity contribution in [1.29, 1.82) is 0 Å². The first-order chi connectivity index (χ1) is 13.2. The molecule has 4 heteroatoms. The van der Waals surface area contributed by atoms with Crippen molar-refractivity contribution in [2.75, 3.05) is 6.54 Å². The highest BCUT2D eigenvalue weighted by Crippen LogP contribution is 2.30. The number of para-hydroxylation sites is 1. The van der Waals surface area contributed by atoms with E-state index in [1.54, 1.807) is 0 Å². The molecule has 0 fully saturated rings. The molecule has 27 heavy (non-hydrogen) atoms. The maximum absolute atomic E-state index is 13.1. The number of benzene rings is 3. The third-order valence-corrected chi connectivity index (χ3v) is 4.77. The summed E-state index contributed by atoms with van der Waals surface area (Å²) in [6, 6.07) is 23.8. The van der Waals surface area contributed by atoms with Crippen molar-refractivity contribution in [2.45, 2.75) is 5.92 Å². The normalized spacial score (nSPS) is 12.0. The van der Waals surface area contributed by atoms with E-state index in [-0.39, 0.29) is 17.6 Å². The molecule has 0 aliphatic rings. The summed E-state index contributed by atoms with van der Waals surface area (Å²) in [4.78, 5) is 15.8. The molecule has 3 nitrogen and oxygen atoms in total. The fourth-order valence-corrected chi connectivity index (χ4v) is 3.37. The van der Waals surface area contributed by atoms with Gasteiger partial charge in [0.15, 0.2) is 0 Å². The van der Waals surface area contributed by atoms with Crippen LogP contribution in [0, 0.1) is 5.82 Å². The lowest BCUT2D eigenvalue weighted by molar-refractivity contribution is 0.0952. The standard InChI is InChI=1S/C23H19FN2O/c24-18-12-10-17(11-13-18)23(27)26-14-20(16-6-2-1-3-7-16)21-15-25-22-9-5-4-8-19(21)22/h1-13,15,20,25H,14H2,(H,26,27)/t20-/m1/s1. The number of fused-ring (bicyclic) bond motifs is 1. The Kier molecular flexibility index (Phi) is 4.71. The highest BCUT2D eigenvalue weighted by Gasteiger charge is 2.19. The summed E-state index contributed by atoms with van der Waals surface area (Å²) in [6.07, 6.45) is 2.01. The van der Waals surface area contributed by atoms with E-state index < -0.39 is 0 Å². The lowest BCUT2D eigenvalue weighted by Crippen LogP contribution is -2.28. The van der Waals surface area contributed by atoms with Gasteiger partial charge in [0.2, 0.25) is 0 Å². The van der Waals surface area contributed by atoms with Gasteiger partial charge in [-0.15, -0.1) is 0 Å². The molecule has 1 amide bonds. The summed E-state index contributed by atoms with van der Waals surface area (Å²) in [6.45, 7) is 0.446. The van der Waals surface area contributed by atoms with Crippen LogP contribution < -0.4 is 5.32 Å². The Hall–Kier alpha value is -3.40. The number of amides is 1. The number of halogens is 1. The van der Waals surface area contributed by atoms with Crippen LogP contribution in [0.1, 0.15) is 27.4 Å². The third kappa shape index (κ3) is 3.60. The van der Waals surface area contributed by atoms with Crippen LogP contribution in [-0.4, -0.2) is 17.4 Å². The van der Waals surface area contributed by atoms with Gasteiger partial charge in [0.25, 0.3) is 5.91 Å². The Labute approximate surface area is 156 Å². The Bertz CT molecular complexity index is 1050. The molecular formula is C23H19FN2O. The number of carbonyl (C=O) groups is 1. The van der Waals surface area contributed by atoms with Gasteiger partial charge in [0.1, 0.15) is 5.82 Å². The van der Waals surface area contributed by atoms with Crippen LogP contribution in [0.15, 0.2) is 85.1 Å². The van der Waals surface area contributed by atoms with Crippen LogP contribution in [-0.2, 0) is 0 Å². The van der Waals surface area contributed by atoms with Crippen LogP contribution in [0.3, 0.4) is 0 Å². The Morgan fingerprint density at radius 3 is 2.41 bits per heavy atom. The maximum Gasteiger partial charge on any atom is 0.251 e. The van der Waals surface area contributed by atoms with Crippen molar-refractivity contribution < 1.29 is 9.18 Å². The number of rotatable bonds is 5. The fraction of sp³-hybridized carbons (Fsp3) is 0.0870. The number of H-pyrrole nitrogens is 1. The van der Waals surface area contributed by atoms with Gasteiger partial charge in [0, 0.05) is 35.1 Å².